The average molecular weight is 435 g/mol. The van der Waals surface area contributed by atoms with E-state index >= 15 is 0 Å². The first-order valence-electron chi connectivity index (χ1n) is 9.33. The maximum atomic E-state index is 13.5. The highest BCUT2D eigenvalue weighted by molar-refractivity contribution is 7.90. The summed E-state index contributed by atoms with van der Waals surface area (Å²) in [4.78, 5) is 12.8. The highest BCUT2D eigenvalue weighted by Gasteiger charge is 2.24. The Kier molecular flexibility index (Phi) is 4.82. The summed E-state index contributed by atoms with van der Waals surface area (Å²) >= 11 is 0. The van der Waals surface area contributed by atoms with Gasteiger partial charge in [-0.05, 0) is 61.9 Å². The Balaban J connectivity index is 2.03. The topological polar surface area (TPSA) is 101 Å². The van der Waals surface area contributed by atoms with Crippen LogP contribution in [0.4, 0.5) is 4.39 Å². The number of fused-ring (bicyclic) bond motifs is 1. The number of pyridine rings is 1. The summed E-state index contributed by atoms with van der Waals surface area (Å²) in [7, 11) is -3.62. The quantitative estimate of drug-likeness (QED) is 0.452. The van der Waals surface area contributed by atoms with Gasteiger partial charge in [-0.15, -0.1) is 0 Å². The van der Waals surface area contributed by atoms with Crippen molar-refractivity contribution in [3.05, 3.63) is 66.2 Å². The Morgan fingerprint density at radius 2 is 1.81 bits per heavy atom. The fraction of sp³-hybridized carbons (Fsp3) is 0.182. The SMILES string of the molecule is CC(C)(C#N)c1ccn2c(-c3ccnc(S(C)(=O)=O)n3)c(-c3ccc(F)cc3)nc2c1. The summed E-state index contributed by atoms with van der Waals surface area (Å²) < 4.78 is 39.2. The molecule has 0 fully saturated rings. The number of aromatic nitrogens is 4. The van der Waals surface area contributed by atoms with E-state index < -0.39 is 15.3 Å². The maximum absolute atomic E-state index is 13.5. The van der Waals surface area contributed by atoms with Crippen LogP contribution in [0.25, 0.3) is 28.3 Å². The lowest BCUT2D eigenvalue weighted by Gasteiger charge is -2.15. The van der Waals surface area contributed by atoms with E-state index in [1.807, 2.05) is 19.9 Å². The van der Waals surface area contributed by atoms with E-state index in [4.69, 9.17) is 4.98 Å². The number of imidazole rings is 1. The molecule has 1 aromatic carbocycles. The second-order valence-corrected chi connectivity index (χ2v) is 9.60. The summed E-state index contributed by atoms with van der Waals surface area (Å²) in [6, 6.07) is 13.3. The zero-order valence-electron chi connectivity index (χ0n) is 17.0. The van der Waals surface area contributed by atoms with Gasteiger partial charge in [0.2, 0.25) is 15.0 Å². The number of nitrogens with zero attached hydrogens (tertiary/aromatic N) is 5. The summed E-state index contributed by atoms with van der Waals surface area (Å²) in [6.07, 6.45) is 4.18. The zero-order chi connectivity index (χ0) is 22.4. The van der Waals surface area contributed by atoms with E-state index in [9.17, 15) is 18.1 Å². The monoisotopic (exact) mass is 435 g/mol. The molecule has 156 valence electrons. The minimum atomic E-state index is -3.62. The van der Waals surface area contributed by atoms with E-state index in [-0.39, 0.29) is 11.0 Å². The van der Waals surface area contributed by atoms with Gasteiger partial charge in [-0.1, -0.05) is 0 Å². The molecule has 0 aliphatic heterocycles. The van der Waals surface area contributed by atoms with Gasteiger partial charge in [0.15, 0.2) is 0 Å². The van der Waals surface area contributed by atoms with Crippen molar-refractivity contribution in [2.24, 2.45) is 0 Å². The molecule has 31 heavy (non-hydrogen) atoms. The van der Waals surface area contributed by atoms with Crippen LogP contribution in [-0.2, 0) is 15.3 Å². The van der Waals surface area contributed by atoms with Gasteiger partial charge in [0.1, 0.15) is 11.5 Å². The molecule has 3 aromatic heterocycles. The van der Waals surface area contributed by atoms with Crippen LogP contribution in [0, 0.1) is 17.1 Å². The third kappa shape index (κ3) is 3.78. The fourth-order valence-corrected chi connectivity index (χ4v) is 3.72. The van der Waals surface area contributed by atoms with Gasteiger partial charge in [0.05, 0.1) is 28.6 Å². The van der Waals surface area contributed by atoms with Crippen molar-refractivity contribution in [1.82, 2.24) is 19.4 Å². The van der Waals surface area contributed by atoms with Crippen LogP contribution in [-0.4, -0.2) is 34.0 Å². The smallest absolute Gasteiger partial charge is 0.247 e. The van der Waals surface area contributed by atoms with Crippen molar-refractivity contribution in [1.29, 1.82) is 5.26 Å². The molecule has 0 saturated heterocycles. The lowest BCUT2D eigenvalue weighted by atomic mass is 9.87. The number of benzene rings is 1. The molecule has 0 aliphatic carbocycles. The number of hydrogen-bond donors (Lipinski definition) is 0. The molecule has 0 bridgehead atoms. The first-order chi connectivity index (χ1) is 14.6. The number of hydrogen-bond acceptors (Lipinski definition) is 6. The molecule has 0 amide bonds. The second kappa shape index (κ2) is 7.25. The summed E-state index contributed by atoms with van der Waals surface area (Å²) in [5, 5.41) is 9.18. The van der Waals surface area contributed by atoms with Gasteiger partial charge >= 0.3 is 0 Å². The molecule has 4 aromatic rings. The second-order valence-electron chi connectivity index (χ2n) is 7.69. The Morgan fingerprint density at radius 1 is 1.10 bits per heavy atom. The number of rotatable bonds is 4. The number of halogens is 1. The number of sulfone groups is 1. The standard InChI is InChI=1S/C22H18FN5O2S/c1-22(2,13-24)15-9-11-28-18(12-15)27-19(14-4-6-16(23)7-5-14)20(28)17-8-10-25-21(26-17)31(3,29)30/h4-12H,1-3H3. The largest absolute Gasteiger partial charge is 0.298 e. The van der Waals surface area contributed by atoms with E-state index in [1.165, 1.54) is 18.3 Å². The molecular weight excluding hydrogens is 417 g/mol. The zero-order valence-corrected chi connectivity index (χ0v) is 17.9. The van der Waals surface area contributed by atoms with Crippen LogP contribution in [0.15, 0.2) is 60.0 Å². The van der Waals surface area contributed by atoms with Crippen molar-refractivity contribution < 1.29 is 12.8 Å². The molecule has 0 atom stereocenters. The fourth-order valence-electron chi connectivity index (χ4n) is 3.20. The van der Waals surface area contributed by atoms with E-state index in [0.29, 0.717) is 28.3 Å². The Morgan fingerprint density at radius 3 is 2.45 bits per heavy atom. The molecule has 0 N–H and O–H groups in total. The van der Waals surface area contributed by atoms with Gasteiger partial charge in [-0.2, -0.15) is 5.26 Å². The normalized spacial score (nSPS) is 12.1. The Hall–Kier alpha value is -3.64. The van der Waals surface area contributed by atoms with Crippen molar-refractivity contribution in [3.63, 3.8) is 0 Å². The van der Waals surface area contributed by atoms with Gasteiger partial charge in [0, 0.05) is 24.2 Å². The molecule has 3 heterocycles. The third-order valence-electron chi connectivity index (χ3n) is 4.95. The van der Waals surface area contributed by atoms with Crippen molar-refractivity contribution in [2.45, 2.75) is 24.4 Å². The molecule has 0 aliphatic rings. The molecule has 9 heteroatoms. The Bertz CT molecular complexity index is 1450. The van der Waals surface area contributed by atoms with Gasteiger partial charge in [-0.25, -0.2) is 27.8 Å². The molecular formula is C22H18FN5O2S. The van der Waals surface area contributed by atoms with Gasteiger partial charge in [0.25, 0.3) is 0 Å². The van der Waals surface area contributed by atoms with Crippen LogP contribution >= 0.6 is 0 Å². The molecule has 0 unspecified atom stereocenters. The predicted molar refractivity (Wildman–Crippen MR) is 113 cm³/mol. The van der Waals surface area contributed by atoms with Gasteiger partial charge < -0.3 is 0 Å². The highest BCUT2D eigenvalue weighted by Crippen LogP contribution is 2.33. The average Bonchev–Trinajstić information content (AvgIpc) is 3.12. The van der Waals surface area contributed by atoms with Crippen LogP contribution < -0.4 is 0 Å². The minimum Gasteiger partial charge on any atom is -0.298 e. The predicted octanol–water partition coefficient (Wildman–Crippen LogP) is 3.80. The molecule has 0 spiro atoms. The molecule has 7 nitrogen and oxygen atoms in total. The van der Waals surface area contributed by atoms with Crippen LogP contribution in [0.3, 0.4) is 0 Å². The Labute approximate surface area is 178 Å². The highest BCUT2D eigenvalue weighted by atomic mass is 32.2. The molecule has 4 rings (SSSR count). The summed E-state index contributed by atoms with van der Waals surface area (Å²) in [6.45, 7) is 3.62. The third-order valence-corrected chi connectivity index (χ3v) is 5.81. The first-order valence-corrected chi connectivity index (χ1v) is 11.2. The lowest BCUT2D eigenvalue weighted by Crippen LogP contribution is -2.14. The summed E-state index contributed by atoms with van der Waals surface area (Å²) in [5.41, 5.74) is 2.65. The van der Waals surface area contributed by atoms with E-state index in [1.54, 1.807) is 34.9 Å². The van der Waals surface area contributed by atoms with Crippen molar-refractivity contribution in [3.8, 4) is 28.7 Å². The van der Waals surface area contributed by atoms with Crippen LogP contribution in [0.2, 0.25) is 0 Å². The van der Waals surface area contributed by atoms with Crippen LogP contribution in [0.1, 0.15) is 19.4 Å². The maximum Gasteiger partial charge on any atom is 0.247 e. The van der Waals surface area contributed by atoms with Crippen molar-refractivity contribution in [2.75, 3.05) is 6.26 Å². The lowest BCUT2D eigenvalue weighted by molar-refractivity contribution is 0.593. The van der Waals surface area contributed by atoms with E-state index in [0.717, 1.165) is 11.8 Å². The van der Waals surface area contributed by atoms with Gasteiger partial charge in [-0.3, -0.25) is 4.40 Å². The van der Waals surface area contributed by atoms with E-state index in [2.05, 4.69) is 16.0 Å². The summed E-state index contributed by atoms with van der Waals surface area (Å²) in [5.74, 6) is -0.381. The van der Waals surface area contributed by atoms with Crippen LogP contribution in [0.5, 0.6) is 0 Å². The minimum absolute atomic E-state index is 0.299. The molecule has 0 radical (unpaired) electrons. The molecule has 0 saturated carbocycles. The van der Waals surface area contributed by atoms with Crippen molar-refractivity contribution >= 4 is 15.5 Å². The number of nitriles is 1. The first kappa shape index (κ1) is 20.6.